The molecule has 47 heavy (non-hydrogen) atoms. The molecule has 0 bridgehead atoms. The number of halogens is 1. The van der Waals surface area contributed by atoms with E-state index in [9.17, 15) is 9.59 Å². The van der Waals surface area contributed by atoms with Gasteiger partial charge in [0, 0.05) is 5.02 Å². The van der Waals surface area contributed by atoms with Crippen molar-refractivity contribution < 1.29 is 28.5 Å². The van der Waals surface area contributed by atoms with Gasteiger partial charge in [-0.3, -0.25) is 9.36 Å². The molecule has 3 aromatic carbocycles. The van der Waals surface area contributed by atoms with E-state index in [-0.39, 0.29) is 12.2 Å². The van der Waals surface area contributed by atoms with Crippen molar-refractivity contribution in [2.75, 3.05) is 26.4 Å². The Morgan fingerprint density at radius 3 is 2.17 bits per heavy atom. The molecule has 0 aliphatic carbocycles. The van der Waals surface area contributed by atoms with Gasteiger partial charge in [0.25, 0.3) is 5.56 Å². The summed E-state index contributed by atoms with van der Waals surface area (Å²) >= 11 is 7.26. The van der Waals surface area contributed by atoms with Crippen LogP contribution in [0.2, 0.25) is 5.02 Å². The average molecular weight is 677 g/mol. The normalized spacial score (nSPS) is 14.3. The van der Waals surface area contributed by atoms with E-state index < -0.39 is 12.0 Å². The highest BCUT2D eigenvalue weighted by Gasteiger charge is 2.34. The second-order valence-corrected chi connectivity index (χ2v) is 11.9. The van der Waals surface area contributed by atoms with Gasteiger partial charge in [-0.2, -0.15) is 0 Å². The number of benzene rings is 3. The van der Waals surface area contributed by atoms with Crippen LogP contribution in [0, 0.1) is 0 Å². The van der Waals surface area contributed by atoms with E-state index in [1.54, 1.807) is 30.6 Å². The molecule has 0 N–H and O–H groups in total. The third kappa shape index (κ3) is 7.55. The van der Waals surface area contributed by atoms with Crippen LogP contribution in [0.15, 0.2) is 81.7 Å². The Kier molecular flexibility index (Phi) is 11.1. The van der Waals surface area contributed by atoms with Crippen molar-refractivity contribution >= 4 is 35.0 Å². The summed E-state index contributed by atoms with van der Waals surface area (Å²) in [6.07, 6.45) is 1.79. The molecule has 1 aliphatic rings. The molecule has 2 heterocycles. The molecular formula is C36H37ClN2O7S. The van der Waals surface area contributed by atoms with Crippen LogP contribution in [0.3, 0.4) is 0 Å². The van der Waals surface area contributed by atoms with Crippen molar-refractivity contribution in [3.05, 3.63) is 113 Å². The first-order chi connectivity index (χ1) is 22.8. The third-order valence-electron chi connectivity index (χ3n) is 7.27. The number of hydrogen-bond donors (Lipinski definition) is 0. The molecule has 0 unspecified atom stereocenters. The number of hydrogen-bond acceptors (Lipinski definition) is 9. The van der Waals surface area contributed by atoms with Gasteiger partial charge in [-0.15, -0.1) is 0 Å². The van der Waals surface area contributed by atoms with E-state index in [2.05, 4.69) is 4.99 Å². The number of ether oxygens (including phenoxy) is 5. The monoisotopic (exact) mass is 676 g/mol. The van der Waals surface area contributed by atoms with Gasteiger partial charge in [0.05, 0.1) is 48.3 Å². The molecule has 1 aliphatic heterocycles. The van der Waals surface area contributed by atoms with Gasteiger partial charge in [-0.05, 0) is 93.8 Å². The minimum atomic E-state index is -0.787. The van der Waals surface area contributed by atoms with Gasteiger partial charge in [0.1, 0.15) is 6.61 Å². The van der Waals surface area contributed by atoms with E-state index in [0.29, 0.717) is 80.6 Å². The highest BCUT2D eigenvalue weighted by molar-refractivity contribution is 7.07. The first-order valence-corrected chi connectivity index (χ1v) is 16.7. The molecule has 9 nitrogen and oxygen atoms in total. The lowest BCUT2D eigenvalue weighted by Crippen LogP contribution is -2.40. The van der Waals surface area contributed by atoms with Gasteiger partial charge in [0.2, 0.25) is 0 Å². The molecule has 0 amide bonds. The number of esters is 1. The van der Waals surface area contributed by atoms with Crippen molar-refractivity contribution in [1.82, 2.24) is 4.57 Å². The zero-order chi connectivity index (χ0) is 33.5. The van der Waals surface area contributed by atoms with Gasteiger partial charge in [-0.25, -0.2) is 9.79 Å². The maximum atomic E-state index is 14.2. The van der Waals surface area contributed by atoms with Crippen LogP contribution in [0.1, 0.15) is 57.4 Å². The number of carbonyl (C=O) groups excluding carboxylic acids is 1. The van der Waals surface area contributed by atoms with Gasteiger partial charge in [0.15, 0.2) is 27.8 Å². The number of thiazole rings is 1. The Hall–Kier alpha value is -4.54. The van der Waals surface area contributed by atoms with E-state index in [1.807, 2.05) is 75.4 Å². The third-order valence-corrected chi connectivity index (χ3v) is 8.51. The van der Waals surface area contributed by atoms with Crippen LogP contribution >= 0.6 is 22.9 Å². The van der Waals surface area contributed by atoms with E-state index in [0.717, 1.165) is 11.1 Å². The Bertz CT molecular complexity index is 1960. The molecule has 0 saturated heterocycles. The Morgan fingerprint density at radius 1 is 0.851 bits per heavy atom. The van der Waals surface area contributed by atoms with E-state index >= 15 is 0 Å². The van der Waals surface area contributed by atoms with Crippen LogP contribution in [0.25, 0.3) is 6.08 Å². The SMILES string of the molecule is CCOC(=O)C1=C(C)N=c2s/c(=C\c3ccc(OCc4ccc(Cl)cc4)c(OCC)c3)c(=O)n2[C@@H]1c1ccc(OCC)c(OCC)c1. The molecular weight excluding hydrogens is 640 g/mol. The molecule has 0 fully saturated rings. The number of carbonyl (C=O) groups is 1. The van der Waals surface area contributed by atoms with Gasteiger partial charge < -0.3 is 23.7 Å². The molecule has 246 valence electrons. The minimum absolute atomic E-state index is 0.182. The summed E-state index contributed by atoms with van der Waals surface area (Å²) in [6, 6.07) is 17.6. The summed E-state index contributed by atoms with van der Waals surface area (Å²) in [4.78, 5) is 32.7. The fourth-order valence-electron chi connectivity index (χ4n) is 5.24. The van der Waals surface area contributed by atoms with Crippen molar-refractivity contribution in [3.8, 4) is 23.0 Å². The zero-order valence-corrected chi connectivity index (χ0v) is 28.6. The summed E-state index contributed by atoms with van der Waals surface area (Å²) in [5.74, 6) is 1.70. The lowest BCUT2D eigenvalue weighted by atomic mass is 9.95. The summed E-state index contributed by atoms with van der Waals surface area (Å²) in [6.45, 7) is 11.0. The van der Waals surface area contributed by atoms with Crippen LogP contribution in [-0.4, -0.2) is 37.0 Å². The Morgan fingerprint density at radius 2 is 1.49 bits per heavy atom. The summed E-state index contributed by atoms with van der Waals surface area (Å²) in [5.41, 5.74) is 2.86. The number of nitrogens with zero attached hydrogens (tertiary/aromatic N) is 2. The quantitative estimate of drug-likeness (QED) is 0.155. The summed E-state index contributed by atoms with van der Waals surface area (Å²) in [7, 11) is 0. The summed E-state index contributed by atoms with van der Waals surface area (Å²) < 4.78 is 31.0. The number of fused-ring (bicyclic) bond motifs is 1. The average Bonchev–Trinajstić information content (AvgIpc) is 3.35. The Balaban J connectivity index is 1.58. The molecule has 5 rings (SSSR count). The van der Waals surface area contributed by atoms with Crippen LogP contribution in [0.5, 0.6) is 23.0 Å². The van der Waals surface area contributed by atoms with Crippen LogP contribution in [-0.2, 0) is 16.1 Å². The predicted molar refractivity (Wildman–Crippen MR) is 183 cm³/mol. The van der Waals surface area contributed by atoms with Crippen molar-refractivity contribution in [2.24, 2.45) is 4.99 Å². The molecule has 1 aromatic heterocycles. The zero-order valence-electron chi connectivity index (χ0n) is 27.0. The van der Waals surface area contributed by atoms with Crippen LogP contribution < -0.4 is 33.8 Å². The second kappa shape index (κ2) is 15.4. The van der Waals surface area contributed by atoms with Gasteiger partial charge in [-0.1, -0.05) is 47.2 Å². The predicted octanol–water partition coefficient (Wildman–Crippen LogP) is 6.23. The molecule has 4 aromatic rings. The maximum absolute atomic E-state index is 14.2. The minimum Gasteiger partial charge on any atom is -0.490 e. The largest absolute Gasteiger partial charge is 0.490 e. The smallest absolute Gasteiger partial charge is 0.338 e. The molecule has 1 atom stereocenters. The first-order valence-electron chi connectivity index (χ1n) is 15.5. The second-order valence-electron chi connectivity index (χ2n) is 10.4. The maximum Gasteiger partial charge on any atom is 0.338 e. The molecule has 0 spiro atoms. The topological polar surface area (TPSA) is 97.6 Å². The van der Waals surface area contributed by atoms with Crippen LogP contribution in [0.4, 0.5) is 0 Å². The first kappa shape index (κ1) is 33.8. The molecule has 0 radical (unpaired) electrons. The lowest BCUT2D eigenvalue weighted by Gasteiger charge is -2.25. The van der Waals surface area contributed by atoms with Gasteiger partial charge >= 0.3 is 5.97 Å². The van der Waals surface area contributed by atoms with Crippen molar-refractivity contribution in [3.63, 3.8) is 0 Å². The van der Waals surface area contributed by atoms with E-state index in [4.69, 9.17) is 35.3 Å². The van der Waals surface area contributed by atoms with Crippen molar-refractivity contribution in [2.45, 2.75) is 47.3 Å². The fraction of sp³-hybridized carbons (Fsp3) is 0.306. The fourth-order valence-corrected chi connectivity index (χ4v) is 6.41. The molecule has 0 saturated carbocycles. The number of allylic oxidation sites excluding steroid dienone is 1. The number of aromatic nitrogens is 1. The van der Waals surface area contributed by atoms with Crippen molar-refractivity contribution in [1.29, 1.82) is 0 Å². The molecule has 11 heteroatoms. The Labute approximate surface area is 282 Å². The lowest BCUT2D eigenvalue weighted by molar-refractivity contribution is -0.139. The standard InChI is InChI=1S/C36H37ClN2O7S/c1-6-42-27-17-13-25(20-30(27)44-8-3)33-32(35(41)45-9-4)22(5)38-36-39(33)34(40)31(47-36)19-24-12-16-28(29(18-24)43-7-2)46-21-23-10-14-26(37)15-11-23/h10-20,33H,6-9,21H2,1-5H3/b31-19-/t33-/m1/s1. The summed E-state index contributed by atoms with van der Waals surface area (Å²) in [5, 5.41) is 0.659. The highest BCUT2D eigenvalue weighted by Crippen LogP contribution is 2.36. The highest BCUT2D eigenvalue weighted by atomic mass is 35.5. The number of rotatable bonds is 13. The van der Waals surface area contributed by atoms with E-state index in [1.165, 1.54) is 11.3 Å².